The number of ether oxygens (including phenoxy) is 4. The van der Waals surface area contributed by atoms with E-state index in [-0.39, 0.29) is 61.9 Å². The lowest BCUT2D eigenvalue weighted by molar-refractivity contribution is -0.168. The molecule has 55 heavy (non-hydrogen) atoms. The van der Waals surface area contributed by atoms with Gasteiger partial charge in [-0.25, -0.2) is 0 Å². The largest absolute Gasteiger partial charge is 0.505 e. The Morgan fingerprint density at radius 3 is 2.11 bits per heavy atom. The first-order valence-electron chi connectivity index (χ1n) is 17.8. The summed E-state index contributed by atoms with van der Waals surface area (Å²) in [7, 11) is 1.06. The molecule has 7 N–H and O–H groups in total. The van der Waals surface area contributed by atoms with Gasteiger partial charge in [-0.15, -0.1) is 0 Å². The molecular weight excluding hydrogens is 718 g/mol. The second-order valence-electron chi connectivity index (χ2n) is 14.7. The van der Waals surface area contributed by atoms with Gasteiger partial charge in [0.2, 0.25) is 6.79 Å². The molecule has 0 saturated heterocycles. The van der Waals surface area contributed by atoms with Gasteiger partial charge < -0.3 is 54.9 Å². The number of fused-ring (bicyclic) bond motifs is 14. The Balaban J connectivity index is 2.07. The number of phenols is 1. The summed E-state index contributed by atoms with van der Waals surface area (Å²) in [6, 6.07) is 0. The number of esters is 2. The molecule has 0 aromatic heterocycles. The Morgan fingerprint density at radius 1 is 0.909 bits per heavy atom. The number of benzene rings is 1. The maximum absolute atomic E-state index is 14.0. The summed E-state index contributed by atoms with van der Waals surface area (Å²) in [5, 5.41) is 71.8. The van der Waals surface area contributed by atoms with Crippen LogP contribution in [-0.4, -0.2) is 98.2 Å². The second kappa shape index (κ2) is 16.5. The zero-order valence-corrected chi connectivity index (χ0v) is 32.6. The fourth-order valence-corrected chi connectivity index (χ4v) is 7.28. The molecule has 4 aliphatic rings. The third kappa shape index (κ3) is 8.12. The van der Waals surface area contributed by atoms with Crippen molar-refractivity contribution in [2.45, 2.75) is 92.3 Å². The van der Waals surface area contributed by atoms with Crippen LogP contribution in [0.4, 0.5) is 5.69 Å². The van der Waals surface area contributed by atoms with Gasteiger partial charge in [-0.05, 0) is 46.3 Å². The van der Waals surface area contributed by atoms with Crippen molar-refractivity contribution in [2.24, 2.45) is 23.7 Å². The molecule has 15 nitrogen and oxygen atoms in total. The number of aromatic hydroxyl groups is 1. The van der Waals surface area contributed by atoms with E-state index in [2.05, 4.69) is 5.32 Å². The first-order chi connectivity index (χ1) is 25.6. The van der Waals surface area contributed by atoms with Crippen molar-refractivity contribution >= 4 is 34.9 Å². The Hall–Kier alpha value is -4.80. The Morgan fingerprint density at radius 2 is 1.51 bits per heavy atom. The summed E-state index contributed by atoms with van der Waals surface area (Å²) >= 11 is 0. The topological polar surface area (TPSA) is 239 Å². The standard InChI is InChI=1S/C40H51NO14/c1-16-12-11-13-17(2)38(49)41-28-19(4)36(55-23(8)42)24-25(33(28)47)31(45)21(6)35-26(24)34(53-15-54-35)18(3)14-40(9,51)37(48)22(7)32(46)27(39(50)52-10)30(44)20(5)29(16)43/h11-14,16,20,22,27,29-30,32,37,43-44,46-48,51H,15H2,1-10H3,(H,41,49)/b12-11-,17-13-,18-14+/t16-,20-,22+,27-,29-,30-,32-,37-,40-/m1/s1. The zero-order valence-electron chi connectivity index (χ0n) is 32.6. The van der Waals surface area contributed by atoms with E-state index in [0.29, 0.717) is 0 Å². The molecule has 9 atom stereocenters. The molecule has 0 unspecified atom stereocenters. The molecule has 1 amide bonds. The number of amides is 1. The molecule has 5 rings (SSSR count). The van der Waals surface area contributed by atoms with Crippen LogP contribution in [0, 0.1) is 30.6 Å². The van der Waals surface area contributed by atoms with E-state index in [9.17, 15) is 49.8 Å². The quantitative estimate of drug-likeness (QED) is 0.130. The average Bonchev–Trinajstić information content (AvgIpc) is 3.13. The molecule has 0 spiro atoms. The highest BCUT2D eigenvalue weighted by atomic mass is 16.7. The number of aliphatic hydroxyl groups excluding tert-OH is 4. The molecule has 1 aromatic carbocycles. The minimum Gasteiger partial charge on any atom is -0.505 e. The van der Waals surface area contributed by atoms with Crippen molar-refractivity contribution in [1.29, 1.82) is 0 Å². The molecule has 0 fully saturated rings. The molecule has 15 heteroatoms. The summed E-state index contributed by atoms with van der Waals surface area (Å²) in [5.74, 6) is -8.68. The predicted molar refractivity (Wildman–Crippen MR) is 198 cm³/mol. The molecule has 1 aromatic rings. The third-order valence-corrected chi connectivity index (χ3v) is 10.6. The van der Waals surface area contributed by atoms with Crippen LogP contribution in [-0.2, 0) is 28.6 Å². The molecule has 4 bridgehead atoms. The summed E-state index contributed by atoms with van der Waals surface area (Å²) in [4.78, 5) is 53.0. The minimum atomic E-state index is -2.17. The highest BCUT2D eigenvalue weighted by molar-refractivity contribution is 6.21. The lowest BCUT2D eigenvalue weighted by atomic mass is 9.75. The fraction of sp³-hybridized carbons (Fsp3) is 0.500. The molecule has 0 radical (unpaired) electrons. The average molecular weight is 770 g/mol. The third-order valence-electron chi connectivity index (χ3n) is 10.6. The number of nitrogens with one attached hydrogen (secondary N) is 1. The normalized spacial score (nSPS) is 33.3. The summed E-state index contributed by atoms with van der Waals surface area (Å²) in [5.41, 5.74) is -2.34. The van der Waals surface area contributed by atoms with Crippen molar-refractivity contribution in [2.75, 3.05) is 19.2 Å². The Kier molecular flexibility index (Phi) is 12.9. The van der Waals surface area contributed by atoms with Crippen LogP contribution in [0.15, 0.2) is 52.5 Å². The highest BCUT2D eigenvalue weighted by Gasteiger charge is 2.47. The second-order valence-corrected chi connectivity index (χ2v) is 14.7. The number of carbonyl (C=O) groups excluding carboxylic acids is 4. The monoisotopic (exact) mass is 769 g/mol. The van der Waals surface area contributed by atoms with Gasteiger partial charge in [0.15, 0.2) is 11.5 Å². The van der Waals surface area contributed by atoms with E-state index in [1.807, 2.05) is 0 Å². The van der Waals surface area contributed by atoms with Gasteiger partial charge >= 0.3 is 11.9 Å². The van der Waals surface area contributed by atoms with Crippen molar-refractivity contribution in [3.8, 4) is 11.5 Å². The molecule has 0 saturated carbocycles. The number of rotatable bonds is 2. The van der Waals surface area contributed by atoms with Crippen molar-refractivity contribution in [3.63, 3.8) is 0 Å². The molecule has 300 valence electrons. The van der Waals surface area contributed by atoms with Crippen LogP contribution in [0.5, 0.6) is 11.5 Å². The first-order valence-corrected chi connectivity index (χ1v) is 17.8. The maximum atomic E-state index is 14.0. The van der Waals surface area contributed by atoms with Crippen LogP contribution < -0.4 is 10.1 Å². The number of hydrogen-bond donors (Lipinski definition) is 7. The predicted octanol–water partition coefficient (Wildman–Crippen LogP) is 3.10. The number of aliphatic hydroxyl groups is 5. The summed E-state index contributed by atoms with van der Waals surface area (Å²) in [6.45, 7) is 12.3. The SMILES string of the molecule is COC(=O)[C@@H]1[C@H](O)[C@H](C)[C@H](O)[C@H](C)/C=C\C=C(\C)C(=O)Nc2c(C)c(OC(C)=O)c3c(c2O)C(=O)C(C)=C2OCOC(=C23)/C(C)=C/[C@@](C)(O)[C@H](O)[C@@H](C)[C@H]1O. The van der Waals surface area contributed by atoms with Gasteiger partial charge in [0.25, 0.3) is 5.91 Å². The molecule has 1 aliphatic carbocycles. The van der Waals surface area contributed by atoms with Crippen LogP contribution in [0.1, 0.15) is 76.9 Å². The minimum absolute atomic E-state index is 0.00256. The van der Waals surface area contributed by atoms with Gasteiger partial charge in [0, 0.05) is 47.0 Å². The van der Waals surface area contributed by atoms with Gasteiger partial charge in [-0.1, -0.05) is 39.0 Å². The number of methoxy groups -OCH3 is 1. The van der Waals surface area contributed by atoms with Crippen LogP contribution in [0.2, 0.25) is 0 Å². The van der Waals surface area contributed by atoms with Gasteiger partial charge in [-0.3, -0.25) is 19.2 Å². The number of carbonyl (C=O) groups is 4. The van der Waals surface area contributed by atoms with Gasteiger partial charge in [-0.2, -0.15) is 0 Å². The lowest BCUT2D eigenvalue weighted by Gasteiger charge is -2.39. The summed E-state index contributed by atoms with van der Waals surface area (Å²) < 4.78 is 22.3. The summed E-state index contributed by atoms with van der Waals surface area (Å²) in [6.07, 6.45) is -0.878. The Labute approximate surface area is 319 Å². The number of ketones is 1. The van der Waals surface area contributed by atoms with E-state index >= 15 is 0 Å². The number of Topliss-reactive ketones (excluding diaryl/α,β-unsaturated/α-hetero) is 1. The maximum Gasteiger partial charge on any atom is 0.313 e. The van der Waals surface area contributed by atoms with Crippen molar-refractivity contribution in [3.05, 3.63) is 69.2 Å². The van der Waals surface area contributed by atoms with Crippen molar-refractivity contribution < 1.29 is 68.8 Å². The van der Waals surface area contributed by atoms with E-state index in [1.165, 1.54) is 66.7 Å². The fourth-order valence-electron chi connectivity index (χ4n) is 7.28. The Bertz CT molecular complexity index is 1920. The number of hydrogen-bond acceptors (Lipinski definition) is 14. The van der Waals surface area contributed by atoms with E-state index in [0.717, 1.165) is 14.0 Å². The number of anilines is 1. The molecule has 3 heterocycles. The first kappa shape index (κ1) is 42.9. The molecule has 3 aliphatic heterocycles. The smallest absolute Gasteiger partial charge is 0.313 e. The van der Waals surface area contributed by atoms with Crippen LogP contribution >= 0.6 is 0 Å². The molecular formula is C40H51NO14. The van der Waals surface area contributed by atoms with E-state index < -0.39 is 89.9 Å². The van der Waals surface area contributed by atoms with Crippen LogP contribution in [0.25, 0.3) is 5.57 Å². The van der Waals surface area contributed by atoms with Gasteiger partial charge in [0.05, 0.1) is 48.3 Å². The van der Waals surface area contributed by atoms with E-state index in [1.54, 1.807) is 13.0 Å². The van der Waals surface area contributed by atoms with Gasteiger partial charge in [0.1, 0.15) is 28.8 Å². The highest BCUT2D eigenvalue weighted by Crippen LogP contribution is 2.53. The number of allylic oxidation sites excluding steroid dienone is 5. The van der Waals surface area contributed by atoms with Crippen molar-refractivity contribution in [1.82, 2.24) is 0 Å². The zero-order chi connectivity index (χ0) is 41.4. The lowest BCUT2D eigenvalue weighted by Crippen LogP contribution is -2.53. The number of phenolic OH excluding ortho intramolecular Hbond substituents is 1. The van der Waals surface area contributed by atoms with Crippen LogP contribution in [0.3, 0.4) is 0 Å². The van der Waals surface area contributed by atoms with E-state index in [4.69, 9.17) is 18.9 Å².